The summed E-state index contributed by atoms with van der Waals surface area (Å²) in [6, 6.07) is -0.0197. The number of urea groups is 1. The molecular weight excluding hydrogens is 462 g/mol. The zero-order chi connectivity index (χ0) is 24.4. The van der Waals surface area contributed by atoms with Gasteiger partial charge in [0.05, 0.1) is 5.56 Å². The first-order valence-corrected chi connectivity index (χ1v) is 9.51. The van der Waals surface area contributed by atoms with E-state index in [-0.39, 0.29) is 37.7 Å². The number of amides is 2. The molecule has 1 aliphatic rings. The molecule has 0 saturated carbocycles. The van der Waals surface area contributed by atoms with Gasteiger partial charge in [-0.05, 0) is 13.0 Å². The highest BCUT2D eigenvalue weighted by Gasteiger charge is 2.35. The quantitative estimate of drug-likeness (QED) is 0.516. The van der Waals surface area contributed by atoms with Crippen molar-refractivity contribution in [1.82, 2.24) is 25.3 Å². The number of nitrogens with zero attached hydrogens (tertiary/aromatic N) is 4. The van der Waals surface area contributed by atoms with Gasteiger partial charge in [0.2, 0.25) is 5.95 Å². The second-order valence-electron chi connectivity index (χ2n) is 7.08. The maximum Gasteiger partial charge on any atom is 0.421 e. The van der Waals surface area contributed by atoms with Crippen LogP contribution < -0.4 is 15.9 Å². The van der Waals surface area contributed by atoms with Crippen LogP contribution in [0.5, 0.6) is 0 Å². The Morgan fingerprint density at radius 2 is 1.70 bits per heavy atom. The van der Waals surface area contributed by atoms with E-state index in [9.17, 15) is 35.9 Å². The van der Waals surface area contributed by atoms with E-state index in [1.54, 1.807) is 4.90 Å². The lowest BCUT2D eigenvalue weighted by molar-refractivity contribution is -0.139. The maximum atomic E-state index is 12.9. The number of anilines is 1. The van der Waals surface area contributed by atoms with Crippen molar-refractivity contribution in [3.05, 3.63) is 51.7 Å². The molecule has 2 aromatic heterocycles. The van der Waals surface area contributed by atoms with Crippen LogP contribution in [-0.2, 0) is 17.2 Å². The van der Waals surface area contributed by atoms with Crippen LogP contribution in [0.2, 0.25) is 0 Å². The standard InChI is InChI=1S/C18H18F6N6O3/c1-10(11-6-13(18(22,23)24)14(31)25-7-11)33-28-16(32)30-4-2-29(3-5-30)15-26-8-12(9-27-15)17(19,20)21/h6-10H,2-5H2,1H3,(H,25,31)(H,28,32)/t10-/m1/s1. The summed E-state index contributed by atoms with van der Waals surface area (Å²) in [4.78, 5) is 41.1. The molecule has 2 N–H and O–H groups in total. The zero-order valence-corrected chi connectivity index (χ0v) is 17.0. The third-order valence-corrected chi connectivity index (χ3v) is 4.84. The van der Waals surface area contributed by atoms with E-state index in [4.69, 9.17) is 4.84 Å². The van der Waals surface area contributed by atoms with Crippen LogP contribution in [0.1, 0.15) is 29.7 Å². The zero-order valence-electron chi connectivity index (χ0n) is 17.0. The number of alkyl halides is 6. The minimum atomic E-state index is -4.84. The van der Waals surface area contributed by atoms with Gasteiger partial charge >= 0.3 is 18.4 Å². The number of hydrogen-bond donors (Lipinski definition) is 2. The van der Waals surface area contributed by atoms with Crippen molar-refractivity contribution >= 4 is 12.0 Å². The minimum Gasteiger partial charge on any atom is -0.337 e. The number of piperazine rings is 1. The first-order chi connectivity index (χ1) is 15.4. The van der Waals surface area contributed by atoms with Gasteiger partial charge in [-0.2, -0.15) is 26.3 Å². The van der Waals surface area contributed by atoms with Crippen molar-refractivity contribution in [2.24, 2.45) is 0 Å². The number of halogens is 6. The normalized spacial score (nSPS) is 16.0. The highest BCUT2D eigenvalue weighted by Crippen LogP contribution is 2.29. The Labute approximate surface area is 182 Å². The van der Waals surface area contributed by atoms with Gasteiger partial charge in [-0.25, -0.2) is 20.2 Å². The molecular formula is C18H18F6N6O3. The topological polar surface area (TPSA) is 103 Å². The van der Waals surface area contributed by atoms with Crippen molar-refractivity contribution in [2.75, 3.05) is 31.1 Å². The summed E-state index contributed by atoms with van der Waals surface area (Å²) in [5, 5.41) is 0. The summed E-state index contributed by atoms with van der Waals surface area (Å²) in [5.74, 6) is 0.0893. The van der Waals surface area contributed by atoms with Crippen LogP contribution in [0.3, 0.4) is 0 Å². The molecule has 0 aliphatic carbocycles. The van der Waals surface area contributed by atoms with Crippen molar-refractivity contribution in [3.8, 4) is 0 Å². The molecule has 0 radical (unpaired) electrons. The molecule has 1 fully saturated rings. The fraction of sp³-hybridized carbons (Fsp3) is 0.444. The van der Waals surface area contributed by atoms with Gasteiger partial charge in [0.1, 0.15) is 11.7 Å². The Morgan fingerprint density at radius 3 is 2.24 bits per heavy atom. The van der Waals surface area contributed by atoms with Crippen LogP contribution >= 0.6 is 0 Å². The van der Waals surface area contributed by atoms with Crippen LogP contribution in [0.4, 0.5) is 37.1 Å². The van der Waals surface area contributed by atoms with Crippen LogP contribution in [-0.4, -0.2) is 52.1 Å². The number of nitrogens with one attached hydrogen (secondary N) is 2. The monoisotopic (exact) mass is 480 g/mol. The average molecular weight is 480 g/mol. The van der Waals surface area contributed by atoms with Gasteiger partial charge in [-0.1, -0.05) is 0 Å². The molecule has 9 nitrogen and oxygen atoms in total. The Balaban J connectivity index is 1.52. The lowest BCUT2D eigenvalue weighted by atomic mass is 10.1. The summed E-state index contributed by atoms with van der Waals surface area (Å²) in [7, 11) is 0. The number of hydrogen-bond acceptors (Lipinski definition) is 6. The molecule has 0 bridgehead atoms. The third-order valence-electron chi connectivity index (χ3n) is 4.84. The van der Waals surface area contributed by atoms with Crippen LogP contribution in [0.15, 0.2) is 29.5 Å². The number of hydroxylamine groups is 1. The summed E-state index contributed by atoms with van der Waals surface area (Å²) >= 11 is 0. The molecule has 1 aliphatic heterocycles. The summed E-state index contributed by atoms with van der Waals surface area (Å²) in [6.45, 7) is 2.20. The Hall–Kier alpha value is -3.36. The smallest absolute Gasteiger partial charge is 0.337 e. The van der Waals surface area contributed by atoms with Crippen LogP contribution in [0.25, 0.3) is 0 Å². The van der Waals surface area contributed by atoms with Gasteiger partial charge < -0.3 is 14.8 Å². The summed E-state index contributed by atoms with van der Waals surface area (Å²) < 4.78 is 76.4. The molecule has 180 valence electrons. The number of carbonyl (C=O) groups is 1. The molecule has 0 aromatic carbocycles. The lowest BCUT2D eigenvalue weighted by Crippen LogP contribution is -2.52. The number of rotatable bonds is 4. The van der Waals surface area contributed by atoms with E-state index in [1.165, 1.54) is 11.8 Å². The van der Waals surface area contributed by atoms with Crippen molar-refractivity contribution in [3.63, 3.8) is 0 Å². The van der Waals surface area contributed by atoms with E-state index < -0.39 is 41.2 Å². The first kappa shape index (κ1) is 24.3. The maximum absolute atomic E-state index is 12.9. The Kier molecular flexibility index (Phi) is 6.81. The molecule has 0 unspecified atom stereocenters. The van der Waals surface area contributed by atoms with Crippen molar-refractivity contribution < 1.29 is 36.0 Å². The molecule has 15 heteroatoms. The molecule has 2 amide bonds. The SMILES string of the molecule is C[C@@H](ONC(=O)N1CCN(c2ncc(C(F)(F)F)cn2)CC1)c1c[nH]c(=O)c(C(F)(F)F)c1. The molecule has 3 heterocycles. The van der Waals surface area contributed by atoms with Crippen LogP contribution in [0, 0.1) is 0 Å². The van der Waals surface area contributed by atoms with E-state index in [0.29, 0.717) is 18.5 Å². The number of aromatic nitrogens is 3. The fourth-order valence-electron chi connectivity index (χ4n) is 2.96. The number of aromatic amines is 1. The molecule has 1 saturated heterocycles. The number of pyridine rings is 1. The van der Waals surface area contributed by atoms with Crippen molar-refractivity contribution in [2.45, 2.75) is 25.4 Å². The van der Waals surface area contributed by atoms with E-state index in [0.717, 1.165) is 6.20 Å². The fourth-order valence-corrected chi connectivity index (χ4v) is 2.96. The second kappa shape index (κ2) is 9.25. The predicted molar refractivity (Wildman–Crippen MR) is 101 cm³/mol. The Morgan fingerprint density at radius 1 is 1.09 bits per heavy atom. The second-order valence-corrected chi connectivity index (χ2v) is 7.08. The molecule has 33 heavy (non-hydrogen) atoms. The van der Waals surface area contributed by atoms with E-state index in [1.807, 2.05) is 4.98 Å². The van der Waals surface area contributed by atoms with Gasteiger partial charge in [-0.3, -0.25) is 9.63 Å². The minimum absolute atomic E-state index is 0.00787. The van der Waals surface area contributed by atoms with Crippen molar-refractivity contribution in [1.29, 1.82) is 0 Å². The van der Waals surface area contributed by atoms with Gasteiger partial charge in [0.15, 0.2) is 0 Å². The molecule has 2 aromatic rings. The molecule has 3 rings (SSSR count). The largest absolute Gasteiger partial charge is 0.421 e. The van der Waals surface area contributed by atoms with Gasteiger partial charge in [0.25, 0.3) is 5.56 Å². The highest BCUT2D eigenvalue weighted by molar-refractivity contribution is 5.73. The molecule has 0 spiro atoms. The molecule has 1 atom stereocenters. The number of carbonyl (C=O) groups excluding carboxylic acids is 1. The average Bonchev–Trinajstić information content (AvgIpc) is 2.76. The highest BCUT2D eigenvalue weighted by atomic mass is 19.4. The Bertz CT molecular complexity index is 1030. The predicted octanol–water partition coefficient (Wildman–Crippen LogP) is 2.73. The summed E-state index contributed by atoms with van der Waals surface area (Å²) in [6.07, 6.45) is -7.99. The lowest BCUT2D eigenvalue weighted by Gasteiger charge is -2.34. The summed E-state index contributed by atoms with van der Waals surface area (Å²) in [5.41, 5.74) is -1.52. The van der Waals surface area contributed by atoms with E-state index in [2.05, 4.69) is 15.4 Å². The number of H-pyrrole nitrogens is 1. The van der Waals surface area contributed by atoms with Gasteiger partial charge in [0, 0.05) is 50.3 Å². The first-order valence-electron chi connectivity index (χ1n) is 9.51. The van der Waals surface area contributed by atoms with Gasteiger partial charge in [-0.15, -0.1) is 0 Å². The van der Waals surface area contributed by atoms with E-state index >= 15 is 0 Å². The third kappa shape index (κ3) is 5.91.